The molecule has 6 atom stereocenters. The zero-order chi connectivity index (χ0) is 90.2. The SMILES string of the molecule is C=CCOC(=O)N1c2cc(OCCCC(=O)Nc3cn(C)c(C(=O)Nc4ccc(-c5cc(C(=O)Nc6ccccc6)n(C)c5)cc4)n3)c(C)cc2C(=O)N2CCCC[C@H]2C1OC1CCCCO1.C=CCOC(=O)N1c2cc(OCCCC(=O)Nc3cn(C)c(C(=O)Nc4ccc(-c5cc(C(=O)O)n(C)c5)cc4)n3)c(C)cc2C(=O)N2CCCC[C@H]2C1OC1CCCCO1. The van der Waals surface area contributed by atoms with Crippen molar-refractivity contribution >= 4 is 99.6 Å². The number of carbonyl (C=O) groups is 10. The number of para-hydroxylation sites is 1. The molecule has 672 valence electrons. The van der Waals surface area contributed by atoms with Crippen molar-refractivity contribution in [3.8, 4) is 33.8 Å². The van der Waals surface area contributed by atoms with Gasteiger partial charge in [-0.3, -0.25) is 33.6 Å². The summed E-state index contributed by atoms with van der Waals surface area (Å²) in [5.74, 6) is -1.80. The quantitative estimate of drug-likeness (QED) is 0.0187. The third-order valence-electron chi connectivity index (χ3n) is 23.0. The maximum Gasteiger partial charge on any atom is 0.416 e. The van der Waals surface area contributed by atoms with Crippen LogP contribution in [0, 0.1) is 13.8 Å². The molecule has 128 heavy (non-hydrogen) atoms. The molecule has 0 aliphatic carbocycles. The summed E-state index contributed by atoms with van der Waals surface area (Å²) in [6.45, 7) is 13.4. The lowest BCUT2D eigenvalue weighted by Crippen LogP contribution is -2.57. The highest BCUT2D eigenvalue weighted by molar-refractivity contribution is 6.08. The zero-order valence-corrected chi connectivity index (χ0v) is 72.6. The first kappa shape index (κ1) is 90.5. The van der Waals surface area contributed by atoms with Crippen LogP contribution in [0.4, 0.5) is 49.7 Å². The molecule has 6 N–H and O–H groups in total. The molecule has 4 saturated heterocycles. The number of piperidine rings is 2. The van der Waals surface area contributed by atoms with Gasteiger partial charge in [0.1, 0.15) is 36.1 Å². The minimum Gasteiger partial charge on any atom is -0.493 e. The summed E-state index contributed by atoms with van der Waals surface area (Å²) >= 11 is 0. The Morgan fingerprint density at radius 2 is 0.891 bits per heavy atom. The Bertz CT molecular complexity index is 5590. The lowest BCUT2D eigenvalue weighted by atomic mass is 10.00. The van der Waals surface area contributed by atoms with Crippen molar-refractivity contribution in [1.82, 2.24) is 38.0 Å². The number of aromatic carboxylic acids is 1. The average Bonchev–Trinajstić information content (AvgIpc) is 1.59. The van der Waals surface area contributed by atoms with E-state index in [1.807, 2.05) is 80.5 Å². The number of aromatic nitrogens is 6. The number of anilines is 7. The first-order chi connectivity index (χ1) is 61.9. The van der Waals surface area contributed by atoms with Gasteiger partial charge in [0.15, 0.2) is 36.7 Å². The van der Waals surface area contributed by atoms with Crippen molar-refractivity contribution < 1.29 is 90.9 Å². The molecule has 0 saturated carbocycles. The molecule has 0 bridgehead atoms. The van der Waals surface area contributed by atoms with Crippen LogP contribution in [0.2, 0.25) is 0 Å². The van der Waals surface area contributed by atoms with Gasteiger partial charge in [-0.1, -0.05) is 67.8 Å². The molecule has 4 unspecified atom stereocenters. The first-order valence-electron chi connectivity index (χ1n) is 43.2. The van der Waals surface area contributed by atoms with E-state index in [9.17, 15) is 53.1 Å². The number of ether oxygens (including phenoxy) is 8. The number of hydrogen-bond donors (Lipinski definition) is 6. The van der Waals surface area contributed by atoms with Gasteiger partial charge in [-0.2, -0.15) is 0 Å². The van der Waals surface area contributed by atoms with Gasteiger partial charge in [0, 0.05) is 132 Å². The van der Waals surface area contributed by atoms with E-state index in [0.717, 1.165) is 73.6 Å². The number of imidazole rings is 2. The molecule has 5 aromatic carbocycles. The van der Waals surface area contributed by atoms with E-state index >= 15 is 0 Å². The molecule has 34 nitrogen and oxygen atoms in total. The summed E-state index contributed by atoms with van der Waals surface area (Å²) in [7, 11) is 6.78. The Morgan fingerprint density at radius 1 is 0.477 bits per heavy atom. The summed E-state index contributed by atoms with van der Waals surface area (Å²) in [6.07, 6.45) is 16.0. The van der Waals surface area contributed by atoms with Crippen molar-refractivity contribution in [3.63, 3.8) is 0 Å². The number of nitrogens with one attached hydrogen (secondary N) is 5. The Labute approximate surface area is 740 Å². The molecule has 9 aromatic rings. The largest absolute Gasteiger partial charge is 0.493 e. The second kappa shape index (κ2) is 41.6. The van der Waals surface area contributed by atoms with E-state index in [1.165, 1.54) is 41.9 Å². The van der Waals surface area contributed by atoms with E-state index in [4.69, 9.17) is 37.9 Å². The zero-order valence-electron chi connectivity index (χ0n) is 72.6. The minimum atomic E-state index is -1.02. The van der Waals surface area contributed by atoms with Crippen LogP contribution in [0.3, 0.4) is 0 Å². The smallest absolute Gasteiger partial charge is 0.416 e. The molecular formula is C94H107N15O19. The average molecular weight is 1750 g/mol. The number of benzene rings is 5. The number of hydrogen-bond acceptors (Lipinski definition) is 20. The highest BCUT2D eigenvalue weighted by atomic mass is 16.7. The Hall–Kier alpha value is -13.7. The Kier molecular flexibility index (Phi) is 29.4. The van der Waals surface area contributed by atoms with Crippen LogP contribution in [0.25, 0.3) is 22.3 Å². The van der Waals surface area contributed by atoms with Crippen molar-refractivity contribution in [2.24, 2.45) is 28.2 Å². The fourth-order valence-corrected chi connectivity index (χ4v) is 16.6. The number of nitrogens with zero attached hydrogens (tertiary/aromatic N) is 10. The van der Waals surface area contributed by atoms with Crippen LogP contribution >= 0.6 is 0 Å². The summed E-state index contributed by atoms with van der Waals surface area (Å²) in [4.78, 5) is 148. The van der Waals surface area contributed by atoms with Gasteiger partial charge >= 0.3 is 18.2 Å². The third kappa shape index (κ3) is 21.5. The van der Waals surface area contributed by atoms with Crippen molar-refractivity contribution in [3.05, 3.63) is 211 Å². The van der Waals surface area contributed by atoms with Gasteiger partial charge < -0.3 is 97.7 Å². The van der Waals surface area contributed by atoms with Gasteiger partial charge in [-0.15, -0.1) is 0 Å². The van der Waals surface area contributed by atoms with E-state index in [2.05, 4.69) is 49.7 Å². The fourth-order valence-electron chi connectivity index (χ4n) is 16.6. The van der Waals surface area contributed by atoms with E-state index in [-0.39, 0.29) is 97.8 Å². The highest BCUT2D eigenvalue weighted by Gasteiger charge is 2.49. The van der Waals surface area contributed by atoms with Crippen molar-refractivity contribution in [2.45, 2.75) is 154 Å². The molecule has 0 spiro atoms. The van der Waals surface area contributed by atoms with Gasteiger partial charge in [0.25, 0.3) is 29.5 Å². The molecule has 15 rings (SSSR count). The molecule has 4 fully saturated rings. The first-order valence-corrected chi connectivity index (χ1v) is 43.2. The van der Waals surface area contributed by atoms with Crippen LogP contribution in [-0.4, -0.2) is 192 Å². The molecule has 4 aromatic heterocycles. The van der Waals surface area contributed by atoms with Crippen molar-refractivity contribution in [2.75, 3.05) is 89.1 Å². The molecule has 6 aliphatic heterocycles. The second-order valence-electron chi connectivity index (χ2n) is 32.3. The molecule has 10 heterocycles. The maximum atomic E-state index is 14.2. The van der Waals surface area contributed by atoms with Crippen molar-refractivity contribution in [1.29, 1.82) is 0 Å². The van der Waals surface area contributed by atoms with Gasteiger partial charge in [0.05, 0.1) is 47.8 Å². The Morgan fingerprint density at radius 3 is 1.30 bits per heavy atom. The van der Waals surface area contributed by atoms with E-state index in [0.29, 0.717) is 133 Å². The van der Waals surface area contributed by atoms with E-state index < -0.39 is 67.1 Å². The second-order valence-corrected chi connectivity index (χ2v) is 32.3. The monoisotopic (exact) mass is 1750 g/mol. The molecule has 6 aliphatic rings. The molecule has 0 radical (unpaired) electrons. The normalized spacial score (nSPS) is 18.3. The number of carboxylic acids is 1. The van der Waals surface area contributed by atoms with Crippen LogP contribution < -0.4 is 45.9 Å². The lowest BCUT2D eigenvalue weighted by molar-refractivity contribution is -0.199. The number of rotatable bonds is 29. The number of carbonyl (C=O) groups excluding carboxylic acids is 9. The standard InChI is InChI=1S/C50H56N8O9.C44H51N7O10/c1-5-24-66-50(63)58-39-29-41(32(2)27-37(39)48(62)57-23-11-9-16-38(57)49(58)67-44-18-10-12-25-65-44)64-26-13-17-43(59)53-42-31-56(4)45(54-42)47(61)52-36-21-19-33(20-22-36)34-28-40(55(3)30-34)46(60)51-35-14-7-6-8-15-35;1-5-19-60-44(57)51-33-24-35(27(2)22-31(33)41(54)50-18-8-6-11-32(50)42(51)61-38-13-7-9-20-59-38)58-21-10-12-37(52)46-36-26-49(4)39(47-36)40(53)45-30-16-14-28(15-17-30)29-23-34(43(55)56)48(3)25-29/h5-8,14-15,19-22,27-31,38,44,49H,1,9-13,16-18,23-26H2,2-4H3,(H,51,60)(H,52,61)(H,53,59);5,14-17,22-26,32,38,42H,1,6-13,18-21H2,2-4H3,(H,45,53)(H,46,52)(H,55,56)/t38-,44?,49?;32-,38?,42?/m00/s1. The number of aryl methyl sites for hydroxylation is 6. The lowest BCUT2D eigenvalue weighted by Gasteiger charge is -2.42. The van der Waals surface area contributed by atoms with Crippen LogP contribution in [0.5, 0.6) is 11.5 Å². The van der Waals surface area contributed by atoms with E-state index in [1.54, 1.807) is 110 Å². The summed E-state index contributed by atoms with van der Waals surface area (Å²) < 4.78 is 55.0. The molecular weight excluding hydrogens is 1640 g/mol. The fraction of sp³-hybridized carbons (Fsp3) is 0.383. The number of fused-ring (bicyclic) bond motifs is 4. The topological polar surface area (TPSA) is 383 Å². The van der Waals surface area contributed by atoms with Gasteiger partial charge in [-0.25, -0.2) is 34.2 Å². The molecule has 9 amide bonds. The molecule has 34 heteroatoms. The van der Waals surface area contributed by atoms with Crippen LogP contribution in [0.15, 0.2) is 165 Å². The highest BCUT2D eigenvalue weighted by Crippen LogP contribution is 2.43. The minimum absolute atomic E-state index is 0.0316. The number of amides is 9. The summed E-state index contributed by atoms with van der Waals surface area (Å²) in [5, 5.41) is 23.4. The predicted molar refractivity (Wildman–Crippen MR) is 477 cm³/mol. The van der Waals surface area contributed by atoms with Gasteiger partial charge in [-0.05, 0) is 187 Å². The predicted octanol–water partition coefficient (Wildman–Crippen LogP) is 14.5. The third-order valence-corrected chi connectivity index (χ3v) is 23.0. The van der Waals surface area contributed by atoms with Crippen LogP contribution in [0.1, 0.15) is 177 Å². The van der Waals surface area contributed by atoms with Gasteiger partial charge in [0.2, 0.25) is 23.5 Å². The maximum absolute atomic E-state index is 14.2. The van der Waals surface area contributed by atoms with Crippen LogP contribution in [-0.2, 0) is 66.2 Å². The Balaban J connectivity index is 0.000000208. The summed E-state index contributed by atoms with van der Waals surface area (Å²) in [6, 6.07) is 32.8. The summed E-state index contributed by atoms with van der Waals surface area (Å²) in [5.41, 5.74) is 8.28. The number of carboxylic acid groups (broad SMARTS) is 1.